The van der Waals surface area contributed by atoms with Gasteiger partial charge in [0, 0.05) is 29.4 Å². The summed E-state index contributed by atoms with van der Waals surface area (Å²) >= 11 is 3.39. The van der Waals surface area contributed by atoms with Gasteiger partial charge in [0.25, 0.3) is 5.91 Å². The topological polar surface area (TPSA) is 67.2 Å². The van der Waals surface area contributed by atoms with Gasteiger partial charge in [-0.15, -0.1) is 0 Å². The molecule has 0 aliphatic carbocycles. The quantitative estimate of drug-likeness (QED) is 0.881. The van der Waals surface area contributed by atoms with E-state index in [1.807, 2.05) is 24.3 Å². The third-order valence-electron chi connectivity index (χ3n) is 3.69. The number of carbonyl (C=O) groups excluding carboxylic acids is 2. The van der Waals surface area contributed by atoms with Gasteiger partial charge in [0.1, 0.15) is 18.1 Å². The van der Waals surface area contributed by atoms with Crippen LogP contribution in [0.4, 0.5) is 0 Å². The summed E-state index contributed by atoms with van der Waals surface area (Å²) < 4.78 is 2.77. The Morgan fingerprint density at radius 1 is 1.36 bits per heavy atom. The SMILES string of the molecule is CC1C(=O)NCCN1C(=O)c1cn(-c2ccc(Br)cc2)cn1. The van der Waals surface area contributed by atoms with Crippen LogP contribution in [0.1, 0.15) is 17.4 Å². The molecule has 2 aromatic rings. The van der Waals surface area contributed by atoms with Crippen LogP contribution in [0.5, 0.6) is 0 Å². The van der Waals surface area contributed by atoms with E-state index >= 15 is 0 Å². The molecule has 1 fully saturated rings. The van der Waals surface area contributed by atoms with E-state index in [2.05, 4.69) is 26.2 Å². The molecule has 6 nitrogen and oxygen atoms in total. The Labute approximate surface area is 136 Å². The van der Waals surface area contributed by atoms with E-state index < -0.39 is 6.04 Å². The number of amides is 2. The molecule has 1 saturated heterocycles. The maximum atomic E-state index is 12.5. The molecule has 1 atom stereocenters. The van der Waals surface area contributed by atoms with E-state index in [-0.39, 0.29) is 11.8 Å². The first-order valence-corrected chi connectivity index (χ1v) is 7.74. The molecule has 2 heterocycles. The Kier molecular flexibility index (Phi) is 3.98. The molecule has 1 aliphatic heterocycles. The molecule has 0 saturated carbocycles. The highest BCUT2D eigenvalue weighted by molar-refractivity contribution is 9.10. The van der Waals surface area contributed by atoms with E-state index in [9.17, 15) is 9.59 Å². The van der Waals surface area contributed by atoms with Crippen molar-refractivity contribution in [3.8, 4) is 5.69 Å². The number of piperazine rings is 1. The number of carbonyl (C=O) groups is 2. The Bertz CT molecular complexity index is 711. The molecule has 0 radical (unpaired) electrons. The number of imidazole rings is 1. The van der Waals surface area contributed by atoms with Gasteiger partial charge in [-0.25, -0.2) is 4.98 Å². The monoisotopic (exact) mass is 362 g/mol. The summed E-state index contributed by atoms with van der Waals surface area (Å²) in [5.74, 6) is -0.356. The van der Waals surface area contributed by atoms with Crippen molar-refractivity contribution in [2.75, 3.05) is 13.1 Å². The lowest BCUT2D eigenvalue weighted by molar-refractivity contribution is -0.127. The van der Waals surface area contributed by atoms with Gasteiger partial charge < -0.3 is 14.8 Å². The molecule has 0 spiro atoms. The van der Waals surface area contributed by atoms with Crippen LogP contribution < -0.4 is 5.32 Å². The molecule has 1 aromatic heterocycles. The first-order chi connectivity index (χ1) is 10.6. The highest BCUT2D eigenvalue weighted by Crippen LogP contribution is 2.16. The largest absolute Gasteiger partial charge is 0.353 e. The van der Waals surface area contributed by atoms with Crippen LogP contribution in [0.2, 0.25) is 0 Å². The van der Waals surface area contributed by atoms with Crippen molar-refractivity contribution in [3.05, 3.63) is 47.0 Å². The third-order valence-corrected chi connectivity index (χ3v) is 4.21. The summed E-state index contributed by atoms with van der Waals surface area (Å²) in [5.41, 5.74) is 1.25. The fourth-order valence-corrected chi connectivity index (χ4v) is 2.66. The van der Waals surface area contributed by atoms with Crippen molar-refractivity contribution >= 4 is 27.7 Å². The second-order valence-electron chi connectivity index (χ2n) is 5.11. The summed E-state index contributed by atoms with van der Waals surface area (Å²) in [6, 6.07) is 7.23. The fraction of sp³-hybridized carbons (Fsp3) is 0.267. The van der Waals surface area contributed by atoms with E-state index in [1.165, 1.54) is 0 Å². The van der Waals surface area contributed by atoms with Gasteiger partial charge in [-0.05, 0) is 31.2 Å². The van der Waals surface area contributed by atoms with Crippen LogP contribution in [0, 0.1) is 0 Å². The van der Waals surface area contributed by atoms with Gasteiger partial charge >= 0.3 is 0 Å². The van der Waals surface area contributed by atoms with Gasteiger partial charge in [-0.3, -0.25) is 9.59 Å². The van der Waals surface area contributed by atoms with Crippen LogP contribution in [0.15, 0.2) is 41.3 Å². The number of hydrogen-bond acceptors (Lipinski definition) is 3. The van der Waals surface area contributed by atoms with E-state index in [4.69, 9.17) is 0 Å². The average molecular weight is 363 g/mol. The standard InChI is InChI=1S/C15H15BrN4O2/c1-10-14(21)17-6-7-20(10)15(22)13-8-19(9-18-13)12-4-2-11(16)3-5-12/h2-5,8-10H,6-7H2,1H3,(H,17,21). The predicted molar refractivity (Wildman–Crippen MR) is 84.8 cm³/mol. The van der Waals surface area contributed by atoms with Gasteiger partial charge in [-0.2, -0.15) is 0 Å². The molecule has 1 aliphatic rings. The Balaban J connectivity index is 1.82. The number of hydrogen-bond donors (Lipinski definition) is 1. The molecule has 0 bridgehead atoms. The Morgan fingerprint density at radius 3 is 2.82 bits per heavy atom. The van der Waals surface area contributed by atoms with Crippen molar-refractivity contribution < 1.29 is 9.59 Å². The Hall–Kier alpha value is -2.15. The van der Waals surface area contributed by atoms with Crippen LogP contribution >= 0.6 is 15.9 Å². The van der Waals surface area contributed by atoms with Crippen molar-refractivity contribution in [1.29, 1.82) is 0 Å². The summed E-state index contributed by atoms with van der Waals surface area (Å²) in [5, 5.41) is 2.74. The molecule has 114 valence electrons. The first kappa shape index (κ1) is 14.8. The number of halogens is 1. The lowest BCUT2D eigenvalue weighted by Gasteiger charge is -2.32. The number of nitrogens with zero attached hydrogens (tertiary/aromatic N) is 3. The number of aromatic nitrogens is 2. The molecule has 3 rings (SSSR count). The van der Waals surface area contributed by atoms with Gasteiger partial charge in [0.2, 0.25) is 5.91 Å². The zero-order valence-corrected chi connectivity index (χ0v) is 13.6. The highest BCUT2D eigenvalue weighted by Gasteiger charge is 2.30. The number of nitrogens with one attached hydrogen (secondary N) is 1. The van der Waals surface area contributed by atoms with Gasteiger partial charge in [-0.1, -0.05) is 15.9 Å². The lowest BCUT2D eigenvalue weighted by atomic mass is 10.2. The van der Waals surface area contributed by atoms with Gasteiger partial charge in [0.05, 0.1) is 0 Å². The molecule has 22 heavy (non-hydrogen) atoms. The number of benzene rings is 1. The maximum absolute atomic E-state index is 12.5. The van der Waals surface area contributed by atoms with Crippen LogP contribution in [-0.2, 0) is 4.79 Å². The molecule has 7 heteroatoms. The number of rotatable bonds is 2. The van der Waals surface area contributed by atoms with E-state index in [1.54, 1.807) is 28.9 Å². The predicted octanol–water partition coefficient (Wildman–Crippen LogP) is 1.60. The molecule has 2 amide bonds. The first-order valence-electron chi connectivity index (χ1n) is 6.95. The lowest BCUT2D eigenvalue weighted by Crippen LogP contribution is -2.55. The van der Waals surface area contributed by atoms with Crippen LogP contribution in [0.3, 0.4) is 0 Å². The maximum Gasteiger partial charge on any atom is 0.274 e. The minimum Gasteiger partial charge on any atom is -0.353 e. The third kappa shape index (κ3) is 2.76. The Morgan fingerprint density at radius 2 is 2.09 bits per heavy atom. The minimum atomic E-state index is -0.473. The normalized spacial score (nSPS) is 18.2. The second-order valence-corrected chi connectivity index (χ2v) is 6.02. The van der Waals surface area contributed by atoms with Crippen molar-refractivity contribution in [2.45, 2.75) is 13.0 Å². The summed E-state index contributed by atoms with van der Waals surface area (Å²) in [4.78, 5) is 29.9. The smallest absolute Gasteiger partial charge is 0.274 e. The molecular weight excluding hydrogens is 348 g/mol. The van der Waals surface area contributed by atoms with Crippen LogP contribution in [-0.4, -0.2) is 45.4 Å². The van der Waals surface area contributed by atoms with E-state index in [0.717, 1.165) is 10.2 Å². The van der Waals surface area contributed by atoms with Crippen LogP contribution in [0.25, 0.3) is 5.69 Å². The average Bonchev–Trinajstić information content (AvgIpc) is 3.00. The van der Waals surface area contributed by atoms with Crippen molar-refractivity contribution in [1.82, 2.24) is 19.8 Å². The minimum absolute atomic E-state index is 0.132. The van der Waals surface area contributed by atoms with Crippen molar-refractivity contribution in [2.24, 2.45) is 0 Å². The zero-order chi connectivity index (χ0) is 15.7. The summed E-state index contributed by atoms with van der Waals surface area (Å²) in [6.45, 7) is 2.69. The molecule has 1 unspecified atom stereocenters. The molecule has 1 aromatic carbocycles. The molecule has 1 N–H and O–H groups in total. The fourth-order valence-electron chi connectivity index (χ4n) is 2.39. The highest BCUT2D eigenvalue weighted by atomic mass is 79.9. The molecular formula is C15H15BrN4O2. The summed E-state index contributed by atoms with van der Waals surface area (Å²) in [7, 11) is 0. The van der Waals surface area contributed by atoms with E-state index in [0.29, 0.717) is 18.8 Å². The van der Waals surface area contributed by atoms with Crippen molar-refractivity contribution in [3.63, 3.8) is 0 Å². The zero-order valence-electron chi connectivity index (χ0n) is 12.0. The second kappa shape index (κ2) is 5.92. The summed E-state index contributed by atoms with van der Waals surface area (Å²) in [6.07, 6.45) is 3.29. The van der Waals surface area contributed by atoms with Gasteiger partial charge in [0.15, 0.2) is 0 Å².